The lowest BCUT2D eigenvalue weighted by Gasteiger charge is -2.40. The van der Waals surface area contributed by atoms with Gasteiger partial charge in [-0.05, 0) is 44.9 Å². The van der Waals surface area contributed by atoms with Crippen molar-refractivity contribution in [3.8, 4) is 0 Å². The van der Waals surface area contributed by atoms with Crippen LogP contribution in [0.15, 0.2) is 36.5 Å². The second-order valence-electron chi connectivity index (χ2n) is 14.2. The zero-order valence-corrected chi connectivity index (χ0v) is 32.0. The van der Waals surface area contributed by atoms with Crippen LogP contribution in [0.2, 0.25) is 0 Å². The lowest BCUT2D eigenvalue weighted by atomic mass is 9.99. The summed E-state index contributed by atoms with van der Waals surface area (Å²) in [7, 11) is 0. The molecule has 0 aromatic rings. The fraction of sp³-hybridized carbons (Fsp3) is 0.829. The molecule has 0 saturated carbocycles. The first-order valence-corrected chi connectivity index (χ1v) is 20.3. The highest BCUT2D eigenvalue weighted by Crippen LogP contribution is 2.22. The fourth-order valence-corrected chi connectivity index (χ4v) is 6.13. The lowest BCUT2D eigenvalue weighted by molar-refractivity contribution is -0.302. The molecule has 10 nitrogen and oxygen atoms in total. The second-order valence-corrected chi connectivity index (χ2v) is 14.2. The Hall–Kier alpha value is -1.63. The Morgan fingerprint density at radius 3 is 1.71 bits per heavy atom. The number of hydrogen-bond acceptors (Lipinski definition) is 9. The van der Waals surface area contributed by atoms with E-state index in [1.807, 2.05) is 6.08 Å². The van der Waals surface area contributed by atoms with Gasteiger partial charge in [0.1, 0.15) is 30.5 Å². The minimum Gasteiger partial charge on any atom is -0.394 e. The molecule has 0 radical (unpaired) electrons. The van der Waals surface area contributed by atoms with Gasteiger partial charge in [0.2, 0.25) is 5.91 Å². The predicted molar refractivity (Wildman–Crippen MR) is 204 cm³/mol. The van der Waals surface area contributed by atoms with Crippen LogP contribution in [0, 0.1) is 0 Å². The van der Waals surface area contributed by atoms with E-state index in [-0.39, 0.29) is 6.61 Å². The number of carbonyl (C=O) groups is 1. The number of aliphatic hydroxyl groups is 6. The molecular formula is C41H75NO9. The summed E-state index contributed by atoms with van der Waals surface area (Å²) < 4.78 is 11.1. The predicted octanol–water partition coefficient (Wildman–Crippen LogP) is 6.30. The van der Waals surface area contributed by atoms with E-state index in [2.05, 4.69) is 43.5 Å². The number of hydrogen-bond donors (Lipinski definition) is 7. The van der Waals surface area contributed by atoms with Crippen LogP contribution in [0.25, 0.3) is 0 Å². The van der Waals surface area contributed by atoms with E-state index >= 15 is 0 Å². The SMILES string of the molecule is CCCCCCCCC/C=C/CC/C=C/CC/C=C/C(O)C(COC1OC(CO)C(O)C(O)C1O)NC(=O)C(O)CCCCCCCCCCC. The standard InChI is InChI=1S/C41H75NO9/c1-3-5-7-9-11-13-14-15-16-17-18-19-20-22-23-25-27-29-34(44)33(32-50-41-39(48)38(47)37(46)36(31-43)51-41)42-40(49)35(45)30-28-26-24-21-12-10-8-6-4-2/h16-17,20,22,27,29,33-39,41,43-48H,3-15,18-19,21,23-26,28,30-32H2,1-2H3,(H,42,49)/b17-16+,22-20+,29-27+. The first-order chi connectivity index (χ1) is 24.8. The van der Waals surface area contributed by atoms with Crippen molar-refractivity contribution in [1.82, 2.24) is 5.32 Å². The number of aliphatic hydroxyl groups excluding tert-OH is 6. The van der Waals surface area contributed by atoms with Gasteiger partial charge in [0.05, 0.1) is 25.4 Å². The summed E-state index contributed by atoms with van der Waals surface area (Å²) in [5, 5.41) is 64.2. The molecule has 8 unspecified atom stereocenters. The summed E-state index contributed by atoms with van der Waals surface area (Å²) >= 11 is 0. The molecule has 1 amide bonds. The molecule has 1 aliphatic heterocycles. The molecule has 10 heteroatoms. The van der Waals surface area contributed by atoms with Crippen LogP contribution >= 0.6 is 0 Å². The Bertz CT molecular complexity index is 912. The van der Waals surface area contributed by atoms with Crippen molar-refractivity contribution >= 4 is 5.91 Å². The molecule has 0 bridgehead atoms. The van der Waals surface area contributed by atoms with Crippen molar-refractivity contribution in [1.29, 1.82) is 0 Å². The Labute approximate surface area is 309 Å². The minimum absolute atomic E-state index is 0.301. The molecule has 1 aliphatic rings. The average Bonchev–Trinajstić information content (AvgIpc) is 3.13. The van der Waals surface area contributed by atoms with Crippen molar-refractivity contribution in [3.63, 3.8) is 0 Å². The number of nitrogens with one attached hydrogen (secondary N) is 1. The van der Waals surface area contributed by atoms with Crippen molar-refractivity contribution in [2.45, 2.75) is 204 Å². The van der Waals surface area contributed by atoms with Crippen LogP contribution in [0.5, 0.6) is 0 Å². The Morgan fingerprint density at radius 2 is 1.16 bits per heavy atom. The third kappa shape index (κ3) is 22.9. The summed E-state index contributed by atoms with van der Waals surface area (Å²) in [5.74, 6) is -0.635. The summed E-state index contributed by atoms with van der Waals surface area (Å²) in [6.45, 7) is 3.52. The zero-order valence-electron chi connectivity index (χ0n) is 32.0. The van der Waals surface area contributed by atoms with Crippen molar-refractivity contribution in [2.24, 2.45) is 0 Å². The van der Waals surface area contributed by atoms with E-state index in [1.165, 1.54) is 77.0 Å². The van der Waals surface area contributed by atoms with Crippen LogP contribution in [0.3, 0.4) is 0 Å². The van der Waals surface area contributed by atoms with Gasteiger partial charge < -0.3 is 45.4 Å². The van der Waals surface area contributed by atoms with E-state index < -0.39 is 61.5 Å². The monoisotopic (exact) mass is 726 g/mol. The third-order valence-corrected chi connectivity index (χ3v) is 9.55. The normalized spacial score (nSPS) is 23.0. The first kappa shape index (κ1) is 47.4. The van der Waals surface area contributed by atoms with Gasteiger partial charge in [-0.1, -0.05) is 147 Å². The molecule has 298 valence electrons. The maximum absolute atomic E-state index is 12.9. The van der Waals surface area contributed by atoms with Crippen molar-refractivity contribution in [2.75, 3.05) is 13.2 Å². The smallest absolute Gasteiger partial charge is 0.249 e. The molecule has 1 heterocycles. The van der Waals surface area contributed by atoms with Gasteiger partial charge in [-0.2, -0.15) is 0 Å². The number of ether oxygens (including phenoxy) is 2. The minimum atomic E-state index is -1.61. The van der Waals surface area contributed by atoms with Gasteiger partial charge in [-0.3, -0.25) is 4.79 Å². The Kier molecular flexibility index (Phi) is 29.6. The van der Waals surface area contributed by atoms with Crippen molar-refractivity contribution < 1.29 is 44.9 Å². The van der Waals surface area contributed by atoms with Crippen LogP contribution in [-0.2, 0) is 14.3 Å². The molecule has 0 aromatic heterocycles. The highest BCUT2D eigenvalue weighted by Gasteiger charge is 2.44. The highest BCUT2D eigenvalue weighted by atomic mass is 16.7. The summed E-state index contributed by atoms with van der Waals surface area (Å²) in [6, 6.07) is -0.998. The third-order valence-electron chi connectivity index (χ3n) is 9.55. The van der Waals surface area contributed by atoms with Crippen LogP contribution < -0.4 is 5.32 Å². The van der Waals surface area contributed by atoms with E-state index in [0.29, 0.717) is 19.3 Å². The number of amides is 1. The molecule has 1 saturated heterocycles. The van der Waals surface area contributed by atoms with E-state index in [0.717, 1.165) is 44.9 Å². The Morgan fingerprint density at radius 1 is 0.667 bits per heavy atom. The molecule has 1 rings (SSSR count). The highest BCUT2D eigenvalue weighted by molar-refractivity contribution is 5.80. The maximum Gasteiger partial charge on any atom is 0.249 e. The van der Waals surface area contributed by atoms with Crippen LogP contribution in [0.1, 0.15) is 155 Å². The van der Waals surface area contributed by atoms with E-state index in [1.54, 1.807) is 6.08 Å². The second kappa shape index (κ2) is 31.9. The Balaban J connectivity index is 2.53. The molecule has 51 heavy (non-hydrogen) atoms. The number of allylic oxidation sites excluding steroid dienone is 5. The van der Waals surface area contributed by atoms with Crippen molar-refractivity contribution in [3.05, 3.63) is 36.5 Å². The van der Waals surface area contributed by atoms with Gasteiger partial charge in [0.25, 0.3) is 0 Å². The number of unbranched alkanes of at least 4 members (excludes halogenated alkanes) is 17. The van der Waals surface area contributed by atoms with Gasteiger partial charge in [0.15, 0.2) is 6.29 Å². The zero-order chi connectivity index (χ0) is 37.5. The quantitative estimate of drug-likeness (QED) is 0.0311. The summed E-state index contributed by atoms with van der Waals surface area (Å²) in [4.78, 5) is 12.9. The van der Waals surface area contributed by atoms with Gasteiger partial charge in [-0.15, -0.1) is 0 Å². The topological polar surface area (TPSA) is 169 Å². The molecule has 0 aliphatic carbocycles. The molecule has 0 aromatic carbocycles. The molecule has 7 N–H and O–H groups in total. The van der Waals surface area contributed by atoms with E-state index in [9.17, 15) is 35.4 Å². The average molecular weight is 726 g/mol. The van der Waals surface area contributed by atoms with Crippen LogP contribution in [0.4, 0.5) is 0 Å². The maximum atomic E-state index is 12.9. The summed E-state index contributed by atoms with van der Waals surface area (Å²) in [5.41, 5.74) is 0. The largest absolute Gasteiger partial charge is 0.394 e. The molecule has 0 spiro atoms. The lowest BCUT2D eigenvalue weighted by Crippen LogP contribution is -2.60. The number of rotatable bonds is 32. The molecule has 1 fully saturated rings. The number of carbonyl (C=O) groups excluding carboxylic acids is 1. The fourth-order valence-electron chi connectivity index (χ4n) is 6.13. The van der Waals surface area contributed by atoms with Crippen LogP contribution in [-0.4, -0.2) is 98.7 Å². The van der Waals surface area contributed by atoms with Gasteiger partial charge >= 0.3 is 0 Å². The first-order valence-electron chi connectivity index (χ1n) is 20.3. The molecule has 8 atom stereocenters. The van der Waals surface area contributed by atoms with E-state index in [4.69, 9.17) is 9.47 Å². The van der Waals surface area contributed by atoms with Gasteiger partial charge in [-0.25, -0.2) is 0 Å². The summed E-state index contributed by atoms with van der Waals surface area (Å²) in [6.07, 6.45) is 26.7. The molecular weight excluding hydrogens is 650 g/mol. The van der Waals surface area contributed by atoms with Gasteiger partial charge in [0, 0.05) is 0 Å².